The smallest absolute Gasteiger partial charge is 0.239 e. The highest BCUT2D eigenvalue weighted by Crippen LogP contribution is 2.24. The molecule has 1 aliphatic carbocycles. The second kappa shape index (κ2) is 6.86. The molecule has 2 atom stereocenters. The Hall–Kier alpha value is -0.610. The molecule has 0 aromatic rings. The highest BCUT2D eigenvalue weighted by atomic mass is 16.5. The molecular weight excluding hydrogens is 204 g/mol. The molecule has 3 N–H and O–H groups in total. The minimum atomic E-state index is -0.561. The molecule has 1 fully saturated rings. The number of ether oxygens (including phenoxy) is 1. The van der Waals surface area contributed by atoms with Crippen molar-refractivity contribution in [3.05, 3.63) is 0 Å². The van der Waals surface area contributed by atoms with Crippen LogP contribution in [0.2, 0.25) is 0 Å². The molecule has 1 amide bonds. The van der Waals surface area contributed by atoms with Crippen LogP contribution in [0, 0.1) is 5.92 Å². The van der Waals surface area contributed by atoms with E-state index in [1.807, 2.05) is 6.92 Å². The van der Waals surface area contributed by atoms with E-state index in [4.69, 9.17) is 10.5 Å². The first-order chi connectivity index (χ1) is 7.65. The van der Waals surface area contributed by atoms with Crippen LogP contribution in [0.4, 0.5) is 0 Å². The molecule has 1 aliphatic rings. The number of likely N-dealkylation sites (N-methyl/N-ethyl adjacent to an activating group) is 1. The first kappa shape index (κ1) is 13.5. The van der Waals surface area contributed by atoms with Gasteiger partial charge < -0.3 is 15.8 Å². The van der Waals surface area contributed by atoms with Crippen molar-refractivity contribution in [2.45, 2.75) is 51.2 Å². The van der Waals surface area contributed by atoms with Crippen molar-refractivity contribution in [3.8, 4) is 0 Å². The molecule has 94 valence electrons. The lowest BCUT2D eigenvalue weighted by atomic mass is 9.90. The molecule has 0 aromatic carbocycles. The number of nitrogens with one attached hydrogen (secondary N) is 1. The second-order valence-electron chi connectivity index (χ2n) is 4.68. The van der Waals surface area contributed by atoms with Crippen molar-refractivity contribution >= 4 is 5.91 Å². The molecule has 4 nitrogen and oxygen atoms in total. The van der Waals surface area contributed by atoms with E-state index in [1.165, 1.54) is 32.1 Å². The molecule has 4 heteroatoms. The third-order valence-electron chi connectivity index (χ3n) is 3.37. The molecule has 0 aliphatic heterocycles. The lowest BCUT2D eigenvalue weighted by Gasteiger charge is -2.25. The Morgan fingerprint density at radius 1 is 1.44 bits per heavy atom. The summed E-state index contributed by atoms with van der Waals surface area (Å²) in [4.78, 5) is 11.3. The van der Waals surface area contributed by atoms with Crippen LogP contribution >= 0.6 is 0 Å². The van der Waals surface area contributed by atoms with Gasteiger partial charge in [0.25, 0.3) is 0 Å². The first-order valence-electron chi connectivity index (χ1n) is 6.24. The normalized spacial score (nSPS) is 21.4. The van der Waals surface area contributed by atoms with Crippen molar-refractivity contribution in [2.24, 2.45) is 11.7 Å². The first-order valence-corrected chi connectivity index (χ1v) is 6.24. The molecule has 0 unspecified atom stereocenters. The van der Waals surface area contributed by atoms with Crippen LogP contribution in [0.1, 0.15) is 39.0 Å². The average molecular weight is 228 g/mol. The average Bonchev–Trinajstić information content (AvgIpc) is 2.35. The van der Waals surface area contributed by atoms with Crippen LogP contribution in [0.15, 0.2) is 0 Å². The van der Waals surface area contributed by atoms with Gasteiger partial charge in [-0.1, -0.05) is 19.3 Å². The molecule has 0 radical (unpaired) electrons. The van der Waals surface area contributed by atoms with Crippen LogP contribution in [0.3, 0.4) is 0 Å². The maximum Gasteiger partial charge on any atom is 0.239 e. The quantitative estimate of drug-likeness (QED) is 0.739. The fourth-order valence-electron chi connectivity index (χ4n) is 2.13. The van der Waals surface area contributed by atoms with Crippen LogP contribution in [-0.4, -0.2) is 31.7 Å². The van der Waals surface area contributed by atoms with Crippen LogP contribution in [-0.2, 0) is 9.53 Å². The molecule has 1 rings (SSSR count). The Labute approximate surface area is 97.9 Å². The van der Waals surface area contributed by atoms with Crippen LogP contribution in [0.5, 0.6) is 0 Å². The van der Waals surface area contributed by atoms with Gasteiger partial charge >= 0.3 is 0 Å². The highest BCUT2D eigenvalue weighted by molar-refractivity contribution is 5.81. The third-order valence-corrected chi connectivity index (χ3v) is 3.37. The lowest BCUT2D eigenvalue weighted by molar-refractivity contribution is -0.125. The third kappa shape index (κ3) is 4.10. The fraction of sp³-hybridized carbons (Fsp3) is 0.917. The van der Waals surface area contributed by atoms with Crippen LogP contribution in [0.25, 0.3) is 0 Å². The predicted octanol–water partition coefficient (Wildman–Crippen LogP) is 1.05. The Morgan fingerprint density at radius 3 is 2.62 bits per heavy atom. The Kier molecular flexibility index (Phi) is 5.77. The summed E-state index contributed by atoms with van der Waals surface area (Å²) in [6, 6.07) is -0.561. The summed E-state index contributed by atoms with van der Waals surface area (Å²) < 4.78 is 5.68. The summed E-state index contributed by atoms with van der Waals surface area (Å²) in [5.74, 6) is 0.504. The van der Waals surface area contributed by atoms with Crippen molar-refractivity contribution < 1.29 is 9.53 Å². The highest BCUT2D eigenvalue weighted by Gasteiger charge is 2.22. The van der Waals surface area contributed by atoms with Crippen molar-refractivity contribution in [1.29, 1.82) is 0 Å². The zero-order valence-electron chi connectivity index (χ0n) is 10.4. The fourth-order valence-corrected chi connectivity index (χ4v) is 2.13. The number of hydrogen-bond donors (Lipinski definition) is 2. The molecular formula is C12H24N2O2. The summed E-state index contributed by atoms with van der Waals surface area (Å²) in [5.41, 5.74) is 5.75. The number of amides is 1. The van der Waals surface area contributed by atoms with Gasteiger partial charge in [0.1, 0.15) is 6.04 Å². The number of hydrogen-bond acceptors (Lipinski definition) is 3. The molecule has 0 aromatic heterocycles. The number of nitrogens with two attached hydrogens (primary N) is 1. The minimum Gasteiger partial charge on any atom is -0.376 e. The van der Waals surface area contributed by atoms with Gasteiger partial charge in [-0.3, -0.25) is 4.79 Å². The van der Waals surface area contributed by atoms with Crippen LogP contribution < -0.4 is 11.1 Å². The van der Waals surface area contributed by atoms with E-state index in [1.54, 1.807) is 7.05 Å². The van der Waals surface area contributed by atoms with E-state index in [9.17, 15) is 4.79 Å². The molecule has 0 bridgehead atoms. The number of carbonyl (C=O) groups is 1. The largest absolute Gasteiger partial charge is 0.376 e. The summed E-state index contributed by atoms with van der Waals surface area (Å²) >= 11 is 0. The summed E-state index contributed by atoms with van der Waals surface area (Å²) in [5, 5.41) is 2.54. The Bertz CT molecular complexity index is 215. The Morgan fingerprint density at radius 2 is 2.06 bits per heavy atom. The van der Waals surface area contributed by atoms with E-state index in [-0.39, 0.29) is 12.0 Å². The van der Waals surface area contributed by atoms with Gasteiger partial charge in [0.15, 0.2) is 0 Å². The molecule has 16 heavy (non-hydrogen) atoms. The van der Waals surface area contributed by atoms with E-state index < -0.39 is 6.04 Å². The summed E-state index contributed by atoms with van der Waals surface area (Å²) in [7, 11) is 1.59. The monoisotopic (exact) mass is 228 g/mol. The predicted molar refractivity (Wildman–Crippen MR) is 64.0 cm³/mol. The van der Waals surface area contributed by atoms with Crippen molar-refractivity contribution in [3.63, 3.8) is 0 Å². The van der Waals surface area contributed by atoms with Gasteiger partial charge in [-0.05, 0) is 25.7 Å². The van der Waals surface area contributed by atoms with E-state index in [0.29, 0.717) is 5.92 Å². The lowest BCUT2D eigenvalue weighted by Crippen LogP contribution is -2.47. The summed E-state index contributed by atoms with van der Waals surface area (Å²) in [6.07, 6.45) is 6.27. The molecule has 0 saturated heterocycles. The minimum absolute atomic E-state index is 0.156. The van der Waals surface area contributed by atoms with Gasteiger partial charge in [-0.25, -0.2) is 0 Å². The molecule has 0 heterocycles. The number of carbonyl (C=O) groups excluding carboxylic acids is 1. The number of rotatable bonds is 5. The van der Waals surface area contributed by atoms with Crippen molar-refractivity contribution in [1.82, 2.24) is 5.32 Å². The maximum atomic E-state index is 11.3. The van der Waals surface area contributed by atoms with Gasteiger partial charge in [0.05, 0.1) is 6.10 Å². The van der Waals surface area contributed by atoms with E-state index >= 15 is 0 Å². The van der Waals surface area contributed by atoms with Crippen molar-refractivity contribution in [2.75, 3.05) is 13.7 Å². The SMILES string of the molecule is CNC(=O)[C@@H](N)[C@H](C)OCC1CCCCC1. The van der Waals surface area contributed by atoms with Gasteiger partial charge in [0, 0.05) is 13.7 Å². The summed E-state index contributed by atoms with van der Waals surface area (Å²) in [6.45, 7) is 2.61. The van der Waals surface area contributed by atoms with E-state index in [0.717, 1.165) is 6.61 Å². The van der Waals surface area contributed by atoms with Gasteiger partial charge in [0.2, 0.25) is 5.91 Å². The standard InChI is InChI=1S/C12H24N2O2/c1-9(11(13)12(15)14-2)16-8-10-6-4-3-5-7-10/h9-11H,3-8,13H2,1-2H3,(H,14,15)/t9-,11-/m0/s1. The second-order valence-corrected chi connectivity index (χ2v) is 4.68. The topological polar surface area (TPSA) is 64.4 Å². The van der Waals surface area contributed by atoms with Gasteiger partial charge in [-0.15, -0.1) is 0 Å². The zero-order chi connectivity index (χ0) is 12.0. The zero-order valence-corrected chi connectivity index (χ0v) is 10.4. The van der Waals surface area contributed by atoms with E-state index in [2.05, 4.69) is 5.32 Å². The van der Waals surface area contributed by atoms with Gasteiger partial charge in [-0.2, -0.15) is 0 Å². The Balaban J connectivity index is 2.22. The maximum absolute atomic E-state index is 11.3. The molecule has 0 spiro atoms. The molecule has 1 saturated carbocycles.